The van der Waals surface area contributed by atoms with Crippen molar-refractivity contribution in [1.29, 1.82) is 0 Å². The number of aryl methyl sites for hydroxylation is 1. The summed E-state index contributed by atoms with van der Waals surface area (Å²) in [7, 11) is 0. The lowest BCUT2D eigenvalue weighted by Gasteiger charge is -2.30. The van der Waals surface area contributed by atoms with Crippen LogP contribution < -0.4 is 10.6 Å². The smallest absolute Gasteiger partial charge is 0.163 e. The SMILES string of the molecule is Cc1ccc([C@@H]2Nc3ccccc3NC3=C2C(=O)C[C@@H](c2ccc(C(C)(C)C)cc2)C3)cc1. The first-order chi connectivity index (χ1) is 15.8. The first-order valence-corrected chi connectivity index (χ1v) is 11.9. The summed E-state index contributed by atoms with van der Waals surface area (Å²) in [5, 5.41) is 7.30. The van der Waals surface area contributed by atoms with Crippen molar-refractivity contribution in [2.45, 2.75) is 57.9 Å². The molecule has 33 heavy (non-hydrogen) atoms. The number of para-hydroxylation sites is 2. The van der Waals surface area contributed by atoms with Gasteiger partial charge in [-0.05, 0) is 53.5 Å². The average Bonchev–Trinajstić information content (AvgIpc) is 2.96. The third kappa shape index (κ3) is 4.20. The third-order valence-electron chi connectivity index (χ3n) is 6.97. The van der Waals surface area contributed by atoms with E-state index in [0.29, 0.717) is 6.42 Å². The van der Waals surface area contributed by atoms with Crippen LogP contribution in [0.2, 0.25) is 0 Å². The largest absolute Gasteiger partial charge is 0.372 e. The van der Waals surface area contributed by atoms with Gasteiger partial charge < -0.3 is 10.6 Å². The van der Waals surface area contributed by atoms with Gasteiger partial charge >= 0.3 is 0 Å². The standard InChI is InChI=1S/C30H32N2O/c1-19-9-11-21(12-10-19)29-28-26(31-24-7-5-6-8-25(24)32-29)17-22(18-27(28)33)20-13-15-23(16-14-20)30(2,3)4/h5-16,22,29,31-32H,17-18H2,1-4H3/t22-,29-/m0/s1. The summed E-state index contributed by atoms with van der Waals surface area (Å²) >= 11 is 0. The van der Waals surface area contributed by atoms with Crippen LogP contribution in [0.4, 0.5) is 11.4 Å². The van der Waals surface area contributed by atoms with E-state index in [1.807, 2.05) is 12.1 Å². The summed E-state index contributed by atoms with van der Waals surface area (Å²) < 4.78 is 0. The molecule has 0 spiro atoms. The molecule has 2 atom stereocenters. The van der Waals surface area contributed by atoms with Crippen LogP contribution in [-0.4, -0.2) is 5.78 Å². The molecule has 1 aliphatic carbocycles. The van der Waals surface area contributed by atoms with Crippen molar-refractivity contribution in [3.63, 3.8) is 0 Å². The molecule has 0 amide bonds. The van der Waals surface area contributed by atoms with Crippen LogP contribution in [-0.2, 0) is 10.2 Å². The number of ketones is 1. The van der Waals surface area contributed by atoms with E-state index in [2.05, 4.69) is 99.0 Å². The Balaban J connectivity index is 1.54. The zero-order chi connectivity index (χ0) is 23.2. The molecule has 168 valence electrons. The molecule has 0 fully saturated rings. The molecule has 0 saturated carbocycles. The molecule has 0 unspecified atom stereocenters. The van der Waals surface area contributed by atoms with Crippen LogP contribution >= 0.6 is 0 Å². The van der Waals surface area contributed by atoms with E-state index in [9.17, 15) is 4.79 Å². The Morgan fingerprint density at radius 1 is 0.788 bits per heavy atom. The topological polar surface area (TPSA) is 41.1 Å². The van der Waals surface area contributed by atoms with Gasteiger partial charge in [0.15, 0.2) is 5.78 Å². The molecule has 3 heteroatoms. The molecule has 3 aromatic rings. The Labute approximate surface area is 196 Å². The minimum Gasteiger partial charge on any atom is -0.372 e. The van der Waals surface area contributed by atoms with Gasteiger partial charge in [-0.2, -0.15) is 0 Å². The van der Waals surface area contributed by atoms with Crippen molar-refractivity contribution in [3.05, 3.63) is 106 Å². The van der Waals surface area contributed by atoms with Crippen molar-refractivity contribution in [2.75, 3.05) is 10.6 Å². The molecule has 0 bridgehead atoms. The summed E-state index contributed by atoms with van der Waals surface area (Å²) in [6.45, 7) is 8.78. The van der Waals surface area contributed by atoms with Crippen LogP contribution in [0.3, 0.4) is 0 Å². The monoisotopic (exact) mass is 436 g/mol. The highest BCUT2D eigenvalue weighted by atomic mass is 16.1. The average molecular weight is 437 g/mol. The maximum absolute atomic E-state index is 13.7. The summed E-state index contributed by atoms with van der Waals surface area (Å²) in [5.41, 5.74) is 8.97. The molecular formula is C30H32N2O. The summed E-state index contributed by atoms with van der Waals surface area (Å²) in [4.78, 5) is 13.7. The number of allylic oxidation sites excluding steroid dienone is 1. The van der Waals surface area contributed by atoms with Crippen molar-refractivity contribution in [3.8, 4) is 0 Å². The lowest BCUT2D eigenvalue weighted by atomic mass is 9.77. The maximum Gasteiger partial charge on any atom is 0.163 e. The Morgan fingerprint density at radius 2 is 1.42 bits per heavy atom. The summed E-state index contributed by atoms with van der Waals surface area (Å²) in [6.07, 6.45) is 1.37. The third-order valence-corrected chi connectivity index (χ3v) is 6.97. The molecule has 2 aliphatic rings. The highest BCUT2D eigenvalue weighted by molar-refractivity contribution is 6.01. The Morgan fingerprint density at radius 3 is 2.09 bits per heavy atom. The van der Waals surface area contributed by atoms with Crippen LogP contribution in [0, 0.1) is 6.92 Å². The van der Waals surface area contributed by atoms with Gasteiger partial charge in [-0.25, -0.2) is 0 Å². The van der Waals surface area contributed by atoms with Gasteiger partial charge in [0.25, 0.3) is 0 Å². The number of hydrogen-bond acceptors (Lipinski definition) is 3. The number of anilines is 2. The van der Waals surface area contributed by atoms with Gasteiger partial charge in [-0.1, -0.05) is 87.0 Å². The minimum absolute atomic E-state index is 0.121. The highest BCUT2D eigenvalue weighted by Crippen LogP contribution is 2.44. The highest BCUT2D eigenvalue weighted by Gasteiger charge is 2.36. The van der Waals surface area contributed by atoms with Crippen molar-refractivity contribution >= 4 is 17.2 Å². The molecule has 1 aliphatic heterocycles. The Kier molecular flexibility index (Phi) is 5.36. The number of hydrogen-bond donors (Lipinski definition) is 2. The fourth-order valence-electron chi connectivity index (χ4n) is 4.99. The van der Waals surface area contributed by atoms with Crippen LogP contribution in [0.5, 0.6) is 0 Å². The first-order valence-electron chi connectivity index (χ1n) is 11.9. The number of fused-ring (bicyclic) bond motifs is 1. The lowest BCUT2D eigenvalue weighted by Crippen LogP contribution is -2.27. The molecule has 0 saturated heterocycles. The predicted octanol–water partition coefficient (Wildman–Crippen LogP) is 7.27. The number of carbonyl (C=O) groups is 1. The number of benzene rings is 3. The van der Waals surface area contributed by atoms with E-state index < -0.39 is 0 Å². The fraction of sp³-hybridized carbons (Fsp3) is 0.300. The van der Waals surface area contributed by atoms with E-state index in [1.165, 1.54) is 16.7 Å². The van der Waals surface area contributed by atoms with Gasteiger partial charge in [0, 0.05) is 17.7 Å². The molecule has 0 radical (unpaired) electrons. The van der Waals surface area contributed by atoms with Crippen LogP contribution in [0.15, 0.2) is 84.1 Å². The fourth-order valence-corrected chi connectivity index (χ4v) is 4.99. The predicted molar refractivity (Wildman–Crippen MR) is 137 cm³/mol. The molecule has 0 aromatic heterocycles. The second kappa shape index (κ2) is 8.22. The molecule has 5 rings (SSSR count). The second-order valence-corrected chi connectivity index (χ2v) is 10.5. The van der Waals surface area contributed by atoms with Crippen molar-refractivity contribution in [1.82, 2.24) is 0 Å². The molecule has 3 aromatic carbocycles. The Bertz CT molecular complexity index is 1210. The minimum atomic E-state index is -0.159. The number of carbonyl (C=O) groups excluding carboxylic acids is 1. The van der Waals surface area contributed by atoms with Gasteiger partial charge in [0.2, 0.25) is 0 Å². The van der Waals surface area contributed by atoms with E-state index in [0.717, 1.165) is 34.6 Å². The van der Waals surface area contributed by atoms with E-state index >= 15 is 0 Å². The summed E-state index contributed by atoms with van der Waals surface area (Å²) in [6, 6.07) is 25.4. The van der Waals surface area contributed by atoms with Crippen molar-refractivity contribution in [2.24, 2.45) is 0 Å². The maximum atomic E-state index is 13.7. The molecule has 1 heterocycles. The van der Waals surface area contributed by atoms with Gasteiger partial charge in [-0.3, -0.25) is 4.79 Å². The normalized spacial score (nSPS) is 20.3. The first kappa shape index (κ1) is 21.5. The zero-order valence-corrected chi connectivity index (χ0v) is 19.9. The Hall–Kier alpha value is -3.33. The van der Waals surface area contributed by atoms with E-state index in [4.69, 9.17) is 0 Å². The quantitative estimate of drug-likeness (QED) is 0.444. The van der Waals surface area contributed by atoms with Crippen LogP contribution in [0.25, 0.3) is 0 Å². The van der Waals surface area contributed by atoms with Crippen molar-refractivity contribution < 1.29 is 4.79 Å². The number of Topliss-reactive ketones (excluding diaryl/α,β-unsaturated/α-hetero) is 1. The molecular weight excluding hydrogens is 404 g/mol. The second-order valence-electron chi connectivity index (χ2n) is 10.5. The number of rotatable bonds is 2. The number of nitrogens with one attached hydrogen (secondary N) is 2. The van der Waals surface area contributed by atoms with Gasteiger partial charge in [0.05, 0.1) is 17.4 Å². The van der Waals surface area contributed by atoms with E-state index in [-0.39, 0.29) is 23.2 Å². The van der Waals surface area contributed by atoms with Gasteiger partial charge in [-0.15, -0.1) is 0 Å². The molecule has 2 N–H and O–H groups in total. The molecule has 3 nitrogen and oxygen atoms in total. The zero-order valence-electron chi connectivity index (χ0n) is 19.9. The van der Waals surface area contributed by atoms with Gasteiger partial charge in [0.1, 0.15) is 0 Å². The summed E-state index contributed by atoms with van der Waals surface area (Å²) in [5.74, 6) is 0.404. The van der Waals surface area contributed by atoms with E-state index in [1.54, 1.807) is 0 Å². The lowest BCUT2D eigenvalue weighted by molar-refractivity contribution is -0.116. The van der Waals surface area contributed by atoms with Crippen LogP contribution in [0.1, 0.15) is 67.8 Å².